The van der Waals surface area contributed by atoms with Crippen LogP contribution in [-0.2, 0) is 0 Å². The monoisotopic (exact) mass is 243 g/mol. The standard InChI is InChI=1S/C11H17NOS2/c1-8-3-4-10(15-8)11(13)9-7-14-6-5-12(9)2/h3-4,9,11,13H,5-7H2,1-2H3. The molecule has 1 N–H and O–H groups in total. The van der Waals surface area contributed by atoms with Gasteiger partial charge in [-0.1, -0.05) is 0 Å². The van der Waals surface area contributed by atoms with Gasteiger partial charge in [-0.3, -0.25) is 4.90 Å². The number of thioether (sulfide) groups is 1. The number of hydrogen-bond donors (Lipinski definition) is 1. The topological polar surface area (TPSA) is 23.5 Å². The van der Waals surface area contributed by atoms with Crippen molar-refractivity contribution in [1.82, 2.24) is 4.90 Å². The maximum absolute atomic E-state index is 10.3. The van der Waals surface area contributed by atoms with E-state index >= 15 is 0 Å². The van der Waals surface area contributed by atoms with Crippen LogP contribution in [0.5, 0.6) is 0 Å². The van der Waals surface area contributed by atoms with Crippen molar-refractivity contribution < 1.29 is 5.11 Å². The van der Waals surface area contributed by atoms with Gasteiger partial charge in [0, 0.05) is 33.8 Å². The number of nitrogens with zero attached hydrogens (tertiary/aromatic N) is 1. The van der Waals surface area contributed by atoms with Crippen molar-refractivity contribution in [3.63, 3.8) is 0 Å². The van der Waals surface area contributed by atoms with Crippen molar-refractivity contribution in [2.24, 2.45) is 0 Å². The molecular formula is C11H17NOS2. The lowest BCUT2D eigenvalue weighted by Gasteiger charge is -2.34. The molecule has 15 heavy (non-hydrogen) atoms. The van der Waals surface area contributed by atoms with E-state index in [1.165, 1.54) is 10.6 Å². The normalized spacial score (nSPS) is 25.4. The fraction of sp³-hybridized carbons (Fsp3) is 0.636. The van der Waals surface area contributed by atoms with Crippen LogP contribution in [0.15, 0.2) is 12.1 Å². The maximum Gasteiger partial charge on any atom is 0.104 e. The van der Waals surface area contributed by atoms with Gasteiger partial charge in [0.05, 0.1) is 0 Å². The molecule has 2 nitrogen and oxygen atoms in total. The Labute approximate surface area is 99.3 Å². The van der Waals surface area contributed by atoms with Gasteiger partial charge < -0.3 is 5.11 Å². The van der Waals surface area contributed by atoms with Crippen molar-refractivity contribution >= 4 is 23.1 Å². The summed E-state index contributed by atoms with van der Waals surface area (Å²) in [7, 11) is 2.11. The second-order valence-corrected chi connectivity index (χ2v) is 6.49. The van der Waals surface area contributed by atoms with Gasteiger partial charge in [-0.25, -0.2) is 0 Å². The molecule has 4 heteroatoms. The molecule has 1 aliphatic rings. The van der Waals surface area contributed by atoms with Crippen molar-refractivity contribution in [2.75, 3.05) is 25.1 Å². The Kier molecular flexibility index (Phi) is 3.72. The second kappa shape index (κ2) is 4.87. The molecule has 0 saturated carbocycles. The van der Waals surface area contributed by atoms with Gasteiger partial charge in [-0.15, -0.1) is 11.3 Å². The third kappa shape index (κ3) is 2.56. The van der Waals surface area contributed by atoms with Crippen LogP contribution in [0.2, 0.25) is 0 Å². The fourth-order valence-electron chi connectivity index (χ4n) is 1.84. The molecule has 2 rings (SSSR count). The summed E-state index contributed by atoms with van der Waals surface area (Å²) < 4.78 is 0. The summed E-state index contributed by atoms with van der Waals surface area (Å²) >= 11 is 3.65. The number of aryl methyl sites for hydroxylation is 1. The highest BCUT2D eigenvalue weighted by atomic mass is 32.2. The summed E-state index contributed by atoms with van der Waals surface area (Å²) in [5.74, 6) is 2.22. The zero-order chi connectivity index (χ0) is 10.8. The van der Waals surface area contributed by atoms with Crippen molar-refractivity contribution in [1.29, 1.82) is 0 Å². The van der Waals surface area contributed by atoms with Crippen LogP contribution in [0.1, 0.15) is 15.9 Å². The first kappa shape index (κ1) is 11.5. The predicted molar refractivity (Wildman–Crippen MR) is 67.8 cm³/mol. The van der Waals surface area contributed by atoms with Gasteiger partial charge in [-0.05, 0) is 26.1 Å². The highest BCUT2D eigenvalue weighted by molar-refractivity contribution is 7.99. The number of aliphatic hydroxyl groups excluding tert-OH is 1. The zero-order valence-electron chi connectivity index (χ0n) is 9.14. The molecule has 84 valence electrons. The van der Waals surface area contributed by atoms with Gasteiger partial charge in [-0.2, -0.15) is 11.8 Å². The molecule has 1 aliphatic heterocycles. The van der Waals surface area contributed by atoms with E-state index in [1.54, 1.807) is 11.3 Å². The molecule has 0 aromatic carbocycles. The molecule has 1 aromatic rings. The quantitative estimate of drug-likeness (QED) is 0.861. The van der Waals surface area contributed by atoms with Crippen molar-refractivity contribution in [2.45, 2.75) is 19.1 Å². The minimum absolute atomic E-state index is 0.279. The zero-order valence-corrected chi connectivity index (χ0v) is 10.8. The molecule has 0 spiro atoms. The van der Waals surface area contributed by atoms with Gasteiger partial charge in [0.2, 0.25) is 0 Å². The molecule has 1 aromatic heterocycles. The molecular weight excluding hydrogens is 226 g/mol. The van der Waals surface area contributed by atoms with Crippen LogP contribution >= 0.6 is 23.1 Å². The largest absolute Gasteiger partial charge is 0.386 e. The molecule has 1 fully saturated rings. The Balaban J connectivity index is 2.09. The molecule has 2 unspecified atom stereocenters. The van der Waals surface area contributed by atoms with Gasteiger partial charge in [0.1, 0.15) is 6.10 Å². The molecule has 2 heterocycles. The minimum atomic E-state index is -0.318. The van der Waals surface area contributed by atoms with Crippen LogP contribution < -0.4 is 0 Å². The summed E-state index contributed by atoms with van der Waals surface area (Å²) in [6, 6.07) is 4.42. The molecule has 2 atom stereocenters. The Hall–Kier alpha value is -0.0300. The van der Waals surface area contributed by atoms with E-state index in [2.05, 4.69) is 31.0 Å². The van der Waals surface area contributed by atoms with Crippen molar-refractivity contribution in [3.8, 4) is 0 Å². The summed E-state index contributed by atoms with van der Waals surface area (Å²) in [6.45, 7) is 3.16. The Bertz CT molecular complexity index is 326. The Morgan fingerprint density at radius 3 is 2.93 bits per heavy atom. The van der Waals surface area contributed by atoms with Crippen LogP contribution in [-0.4, -0.2) is 41.1 Å². The van der Waals surface area contributed by atoms with Crippen LogP contribution in [0.25, 0.3) is 0 Å². The van der Waals surface area contributed by atoms with Crippen molar-refractivity contribution in [3.05, 3.63) is 21.9 Å². The third-order valence-corrected chi connectivity index (χ3v) is 4.98. The van der Waals surface area contributed by atoms with Crippen LogP contribution in [0.3, 0.4) is 0 Å². The number of aliphatic hydroxyl groups is 1. The van der Waals surface area contributed by atoms with E-state index in [4.69, 9.17) is 0 Å². The lowest BCUT2D eigenvalue weighted by molar-refractivity contribution is 0.0785. The summed E-state index contributed by atoms with van der Waals surface area (Å²) in [5.41, 5.74) is 0. The minimum Gasteiger partial charge on any atom is -0.386 e. The summed E-state index contributed by atoms with van der Waals surface area (Å²) in [4.78, 5) is 4.65. The van der Waals surface area contributed by atoms with Gasteiger partial charge in [0.25, 0.3) is 0 Å². The molecule has 0 radical (unpaired) electrons. The number of thiophene rings is 1. The van der Waals surface area contributed by atoms with E-state index in [0.29, 0.717) is 0 Å². The Morgan fingerprint density at radius 1 is 1.53 bits per heavy atom. The third-order valence-electron chi connectivity index (χ3n) is 2.86. The van der Waals surface area contributed by atoms with Gasteiger partial charge >= 0.3 is 0 Å². The molecule has 1 saturated heterocycles. The number of rotatable bonds is 2. The highest BCUT2D eigenvalue weighted by Crippen LogP contribution is 2.30. The SMILES string of the molecule is Cc1ccc(C(O)C2CSCCN2C)s1. The first-order chi connectivity index (χ1) is 7.18. The average molecular weight is 243 g/mol. The summed E-state index contributed by atoms with van der Waals surface area (Å²) in [6.07, 6.45) is -0.318. The summed E-state index contributed by atoms with van der Waals surface area (Å²) in [5, 5.41) is 10.3. The van der Waals surface area contributed by atoms with E-state index in [9.17, 15) is 5.11 Å². The lowest BCUT2D eigenvalue weighted by Crippen LogP contribution is -2.43. The number of likely N-dealkylation sites (N-methyl/N-ethyl adjacent to an activating group) is 1. The van der Waals surface area contributed by atoms with Crippen LogP contribution in [0.4, 0.5) is 0 Å². The van der Waals surface area contributed by atoms with E-state index in [1.807, 2.05) is 11.8 Å². The number of hydrogen-bond acceptors (Lipinski definition) is 4. The first-order valence-electron chi connectivity index (χ1n) is 5.21. The van der Waals surface area contributed by atoms with E-state index in [0.717, 1.165) is 17.2 Å². The Morgan fingerprint density at radius 2 is 2.33 bits per heavy atom. The maximum atomic E-state index is 10.3. The van der Waals surface area contributed by atoms with Crippen LogP contribution in [0, 0.1) is 6.92 Å². The smallest absolute Gasteiger partial charge is 0.104 e. The average Bonchev–Trinajstić information content (AvgIpc) is 2.65. The van der Waals surface area contributed by atoms with E-state index < -0.39 is 0 Å². The van der Waals surface area contributed by atoms with E-state index in [-0.39, 0.29) is 12.1 Å². The molecule has 0 amide bonds. The van der Waals surface area contributed by atoms with Gasteiger partial charge in [0.15, 0.2) is 0 Å². The highest BCUT2D eigenvalue weighted by Gasteiger charge is 2.28. The fourth-order valence-corrected chi connectivity index (χ4v) is 4.02. The predicted octanol–water partition coefficient (Wildman–Crippen LogP) is 2.14. The lowest BCUT2D eigenvalue weighted by atomic mass is 10.1. The second-order valence-electron chi connectivity index (χ2n) is 4.02. The first-order valence-corrected chi connectivity index (χ1v) is 7.18. The molecule has 0 aliphatic carbocycles. The molecule has 0 bridgehead atoms.